The molecule has 0 fully saturated rings. The molecule has 2 rings (SSSR count). The number of benzene rings is 1. The van der Waals surface area contributed by atoms with Crippen molar-refractivity contribution in [3.05, 3.63) is 60.3 Å². The quantitative estimate of drug-likeness (QED) is 0.815. The van der Waals surface area contributed by atoms with Gasteiger partial charge >= 0.3 is 0 Å². The van der Waals surface area contributed by atoms with E-state index in [9.17, 15) is 0 Å². The van der Waals surface area contributed by atoms with Crippen molar-refractivity contribution in [1.82, 2.24) is 9.88 Å². The van der Waals surface area contributed by atoms with E-state index >= 15 is 0 Å². The SMILES string of the molecule is CC(CN(C)C)N(Cc1ccccc1)c1ccccn1.Cl. The Bertz CT molecular complexity index is 502. The molecule has 114 valence electrons. The monoisotopic (exact) mass is 305 g/mol. The summed E-state index contributed by atoms with van der Waals surface area (Å²) in [5.41, 5.74) is 1.31. The van der Waals surface area contributed by atoms with Crippen LogP contribution in [0, 0.1) is 0 Å². The summed E-state index contributed by atoms with van der Waals surface area (Å²) in [6, 6.07) is 17.0. The van der Waals surface area contributed by atoms with Gasteiger partial charge in [-0.3, -0.25) is 0 Å². The number of hydrogen-bond acceptors (Lipinski definition) is 3. The number of anilines is 1. The van der Waals surface area contributed by atoms with Gasteiger partial charge in [0.2, 0.25) is 0 Å². The van der Waals surface area contributed by atoms with Gasteiger partial charge in [0.1, 0.15) is 5.82 Å². The van der Waals surface area contributed by atoms with E-state index in [4.69, 9.17) is 0 Å². The summed E-state index contributed by atoms with van der Waals surface area (Å²) in [6.07, 6.45) is 1.86. The lowest BCUT2D eigenvalue weighted by atomic mass is 10.1. The molecule has 1 atom stereocenters. The first-order chi connectivity index (χ1) is 9.66. The molecule has 0 aliphatic carbocycles. The molecule has 0 radical (unpaired) electrons. The van der Waals surface area contributed by atoms with E-state index in [1.807, 2.05) is 18.3 Å². The number of nitrogens with zero attached hydrogens (tertiary/aromatic N) is 3. The van der Waals surface area contributed by atoms with E-state index in [0.29, 0.717) is 6.04 Å². The van der Waals surface area contributed by atoms with Crippen LogP contribution in [0.3, 0.4) is 0 Å². The number of aromatic nitrogens is 1. The first-order valence-corrected chi connectivity index (χ1v) is 7.03. The largest absolute Gasteiger partial charge is 0.348 e. The standard InChI is InChI=1S/C17H23N3.ClH/c1-15(13-19(2)3)20(17-11-7-8-12-18-17)14-16-9-5-4-6-10-16;/h4-12,15H,13-14H2,1-3H3;1H. The van der Waals surface area contributed by atoms with E-state index in [0.717, 1.165) is 18.9 Å². The molecule has 0 spiro atoms. The van der Waals surface area contributed by atoms with Gasteiger partial charge in [0.25, 0.3) is 0 Å². The second-order valence-corrected chi connectivity index (χ2v) is 5.41. The molecule has 0 bridgehead atoms. The molecule has 0 N–H and O–H groups in total. The van der Waals surface area contributed by atoms with Crippen molar-refractivity contribution in [1.29, 1.82) is 0 Å². The second-order valence-electron chi connectivity index (χ2n) is 5.41. The average Bonchev–Trinajstić information content (AvgIpc) is 2.46. The van der Waals surface area contributed by atoms with Crippen molar-refractivity contribution in [3.63, 3.8) is 0 Å². The number of likely N-dealkylation sites (N-methyl/N-ethyl adjacent to an activating group) is 1. The third kappa shape index (κ3) is 5.37. The first kappa shape index (κ1) is 17.5. The Morgan fingerprint density at radius 1 is 1.00 bits per heavy atom. The van der Waals surface area contributed by atoms with Gasteiger partial charge in [-0.15, -0.1) is 12.4 Å². The second kappa shape index (κ2) is 8.65. The smallest absolute Gasteiger partial charge is 0.129 e. The van der Waals surface area contributed by atoms with Crippen molar-refractivity contribution in [3.8, 4) is 0 Å². The van der Waals surface area contributed by atoms with Crippen LogP contribution in [0.4, 0.5) is 5.82 Å². The molecule has 0 saturated carbocycles. The molecule has 1 aromatic heterocycles. The summed E-state index contributed by atoms with van der Waals surface area (Å²) in [5, 5.41) is 0. The van der Waals surface area contributed by atoms with Crippen LogP contribution in [0.1, 0.15) is 12.5 Å². The van der Waals surface area contributed by atoms with E-state index < -0.39 is 0 Å². The third-order valence-corrected chi connectivity index (χ3v) is 3.30. The van der Waals surface area contributed by atoms with Gasteiger partial charge in [-0.1, -0.05) is 36.4 Å². The van der Waals surface area contributed by atoms with Crippen molar-refractivity contribution in [2.45, 2.75) is 19.5 Å². The summed E-state index contributed by atoms with van der Waals surface area (Å²) in [5.74, 6) is 1.03. The number of rotatable bonds is 6. The van der Waals surface area contributed by atoms with E-state index in [1.165, 1.54) is 5.56 Å². The highest BCUT2D eigenvalue weighted by Gasteiger charge is 2.16. The van der Waals surface area contributed by atoms with Gasteiger partial charge in [-0.25, -0.2) is 4.98 Å². The molecular weight excluding hydrogens is 282 g/mol. The number of hydrogen-bond donors (Lipinski definition) is 0. The zero-order chi connectivity index (χ0) is 14.4. The van der Waals surface area contributed by atoms with Crippen LogP contribution >= 0.6 is 12.4 Å². The predicted octanol–water partition coefficient (Wildman–Crippen LogP) is 3.46. The van der Waals surface area contributed by atoms with Crippen LogP contribution in [0.2, 0.25) is 0 Å². The highest BCUT2D eigenvalue weighted by molar-refractivity contribution is 5.85. The lowest BCUT2D eigenvalue weighted by molar-refractivity contribution is 0.370. The van der Waals surface area contributed by atoms with Crippen LogP contribution in [0.5, 0.6) is 0 Å². The van der Waals surface area contributed by atoms with Gasteiger partial charge in [-0.05, 0) is 38.7 Å². The topological polar surface area (TPSA) is 19.4 Å². The van der Waals surface area contributed by atoms with E-state index in [2.05, 4.69) is 72.2 Å². The summed E-state index contributed by atoms with van der Waals surface area (Å²) in [7, 11) is 4.21. The molecular formula is C17H24ClN3. The minimum absolute atomic E-state index is 0. The molecule has 4 heteroatoms. The minimum atomic E-state index is 0. The normalized spacial score (nSPS) is 11.8. The highest BCUT2D eigenvalue weighted by Crippen LogP contribution is 2.17. The molecule has 3 nitrogen and oxygen atoms in total. The third-order valence-electron chi connectivity index (χ3n) is 3.30. The minimum Gasteiger partial charge on any atom is -0.348 e. The van der Waals surface area contributed by atoms with Gasteiger partial charge in [0.05, 0.1) is 0 Å². The maximum atomic E-state index is 4.51. The molecule has 1 heterocycles. The summed E-state index contributed by atoms with van der Waals surface area (Å²) in [6.45, 7) is 4.13. The fourth-order valence-corrected chi connectivity index (χ4v) is 2.39. The Morgan fingerprint density at radius 2 is 1.67 bits per heavy atom. The molecule has 0 aliphatic rings. The van der Waals surface area contributed by atoms with Crippen LogP contribution in [0.15, 0.2) is 54.7 Å². The number of pyridine rings is 1. The number of halogens is 1. The lowest BCUT2D eigenvalue weighted by Crippen LogP contribution is -2.40. The Kier molecular flexibility index (Phi) is 7.20. The molecule has 1 aromatic carbocycles. The molecule has 0 saturated heterocycles. The van der Waals surface area contributed by atoms with Crippen molar-refractivity contribution < 1.29 is 0 Å². The Hall–Kier alpha value is -1.58. The van der Waals surface area contributed by atoms with Crippen LogP contribution in [-0.4, -0.2) is 36.6 Å². The van der Waals surface area contributed by atoms with Gasteiger partial charge in [0.15, 0.2) is 0 Å². The van der Waals surface area contributed by atoms with E-state index in [-0.39, 0.29) is 12.4 Å². The van der Waals surface area contributed by atoms with Crippen LogP contribution in [-0.2, 0) is 6.54 Å². The zero-order valence-electron chi connectivity index (χ0n) is 12.9. The summed E-state index contributed by atoms with van der Waals surface area (Å²) >= 11 is 0. The molecule has 21 heavy (non-hydrogen) atoms. The fourth-order valence-electron chi connectivity index (χ4n) is 2.39. The zero-order valence-corrected chi connectivity index (χ0v) is 13.8. The lowest BCUT2D eigenvalue weighted by Gasteiger charge is -2.32. The van der Waals surface area contributed by atoms with Crippen molar-refractivity contribution >= 4 is 18.2 Å². The predicted molar refractivity (Wildman–Crippen MR) is 92.1 cm³/mol. The Balaban J connectivity index is 0.00000220. The average molecular weight is 306 g/mol. The van der Waals surface area contributed by atoms with Gasteiger partial charge < -0.3 is 9.80 Å². The van der Waals surface area contributed by atoms with Crippen molar-refractivity contribution in [2.75, 3.05) is 25.5 Å². The fraction of sp³-hybridized carbons (Fsp3) is 0.353. The van der Waals surface area contributed by atoms with Crippen molar-refractivity contribution in [2.24, 2.45) is 0 Å². The maximum Gasteiger partial charge on any atom is 0.129 e. The van der Waals surface area contributed by atoms with Gasteiger partial charge in [-0.2, -0.15) is 0 Å². The molecule has 1 unspecified atom stereocenters. The maximum absolute atomic E-state index is 4.51. The molecule has 0 aliphatic heterocycles. The van der Waals surface area contributed by atoms with Crippen LogP contribution in [0.25, 0.3) is 0 Å². The van der Waals surface area contributed by atoms with E-state index in [1.54, 1.807) is 0 Å². The highest BCUT2D eigenvalue weighted by atomic mass is 35.5. The van der Waals surface area contributed by atoms with Crippen LogP contribution < -0.4 is 4.90 Å². The Morgan fingerprint density at radius 3 is 2.24 bits per heavy atom. The first-order valence-electron chi connectivity index (χ1n) is 7.03. The summed E-state index contributed by atoms with van der Waals surface area (Å²) in [4.78, 5) is 9.08. The molecule has 0 amide bonds. The van der Waals surface area contributed by atoms with Gasteiger partial charge in [0, 0.05) is 25.3 Å². The summed E-state index contributed by atoms with van der Waals surface area (Å²) < 4.78 is 0. The Labute approximate surface area is 134 Å². The molecule has 2 aromatic rings.